The van der Waals surface area contributed by atoms with E-state index in [0.29, 0.717) is 43.7 Å². The summed E-state index contributed by atoms with van der Waals surface area (Å²) in [7, 11) is 0. The fraction of sp³-hybridized carbons (Fsp3) is 0.667. The number of hydrogen-bond acceptors (Lipinski definition) is 7. The predicted octanol–water partition coefficient (Wildman–Crippen LogP) is 4.64. The van der Waals surface area contributed by atoms with Crippen LogP contribution < -0.4 is 32.5 Å². The van der Waals surface area contributed by atoms with Crippen molar-refractivity contribution in [1.82, 2.24) is 21.4 Å². The predicted molar refractivity (Wildman–Crippen MR) is 190 cm³/mol. The molecule has 0 bridgehead atoms. The molecule has 276 valence electrons. The van der Waals surface area contributed by atoms with Crippen LogP contribution >= 0.6 is 0 Å². The number of primary amides is 1. The number of ketones is 1. The average molecular weight is 689 g/mol. The molecule has 0 spiro atoms. The van der Waals surface area contributed by atoms with Gasteiger partial charge in [0.15, 0.2) is 0 Å². The first-order chi connectivity index (χ1) is 23.2. The molecule has 0 aliphatic heterocycles. The van der Waals surface area contributed by atoms with Gasteiger partial charge < -0.3 is 27.0 Å². The number of anilines is 1. The van der Waals surface area contributed by atoms with Crippen molar-refractivity contribution >= 4 is 41.1 Å². The molecule has 0 radical (unpaired) electrons. The Morgan fingerprint density at radius 3 is 2.00 bits per heavy atom. The Labute approximate surface area is 292 Å². The van der Waals surface area contributed by atoms with Crippen LogP contribution in [-0.4, -0.2) is 54.1 Å². The van der Waals surface area contributed by atoms with Gasteiger partial charge in [0.1, 0.15) is 17.9 Å². The number of carbonyl (C=O) groups excluding carboxylic acids is 6. The number of urea groups is 1. The number of Topliss-reactive ketones (excluding diaryl/α,β-unsaturated/α-hetero) is 1. The molecule has 1 aromatic rings. The van der Waals surface area contributed by atoms with Crippen molar-refractivity contribution < 1.29 is 33.6 Å². The van der Waals surface area contributed by atoms with Crippen LogP contribution in [0.3, 0.4) is 0 Å². The molecule has 1 rings (SSSR count). The second-order valence-corrected chi connectivity index (χ2v) is 13.8. The van der Waals surface area contributed by atoms with Crippen molar-refractivity contribution in [3.8, 4) is 0 Å². The molecule has 0 aliphatic rings. The smallest absolute Gasteiger partial charge is 0.312 e. The van der Waals surface area contributed by atoms with Crippen molar-refractivity contribution in [2.45, 2.75) is 131 Å². The van der Waals surface area contributed by atoms with Crippen LogP contribution in [0.4, 0.5) is 10.5 Å². The molecule has 49 heavy (non-hydrogen) atoms. The van der Waals surface area contributed by atoms with E-state index in [-0.39, 0.29) is 55.4 Å². The third-order valence-electron chi connectivity index (χ3n) is 7.69. The summed E-state index contributed by atoms with van der Waals surface area (Å²) in [4.78, 5) is 79.8. The Kier molecular flexibility index (Phi) is 21.2. The van der Waals surface area contributed by atoms with E-state index in [1.165, 1.54) is 0 Å². The molecule has 13 heteroatoms. The Morgan fingerprint density at radius 1 is 0.714 bits per heavy atom. The average Bonchev–Trinajstić information content (AvgIpc) is 3.01. The number of unbranched alkanes of at least 4 members (excludes halogenated alkanes) is 2. The topological polar surface area (TPSA) is 198 Å². The monoisotopic (exact) mass is 688 g/mol. The van der Waals surface area contributed by atoms with Crippen molar-refractivity contribution in [2.75, 3.05) is 11.9 Å². The molecule has 0 unspecified atom stereocenters. The van der Waals surface area contributed by atoms with Crippen LogP contribution in [0.5, 0.6) is 0 Å². The third-order valence-corrected chi connectivity index (χ3v) is 7.69. The van der Waals surface area contributed by atoms with E-state index in [1.54, 1.807) is 38.1 Å². The lowest BCUT2D eigenvalue weighted by molar-refractivity contribution is -0.134. The van der Waals surface area contributed by atoms with Crippen LogP contribution in [-0.2, 0) is 35.4 Å². The Hall–Kier alpha value is -4.00. The van der Waals surface area contributed by atoms with Gasteiger partial charge in [-0.2, -0.15) is 0 Å². The van der Waals surface area contributed by atoms with Gasteiger partial charge in [-0.1, -0.05) is 72.9 Å². The summed E-state index contributed by atoms with van der Waals surface area (Å²) in [5.41, 5.74) is 8.88. The minimum absolute atomic E-state index is 0.102. The number of hydroxylamine groups is 1. The zero-order chi connectivity index (χ0) is 36.8. The quantitative estimate of drug-likeness (QED) is 0.0635. The second-order valence-electron chi connectivity index (χ2n) is 13.8. The van der Waals surface area contributed by atoms with Gasteiger partial charge in [0.25, 0.3) is 0 Å². The first kappa shape index (κ1) is 43.0. The molecule has 0 aromatic heterocycles. The summed E-state index contributed by atoms with van der Waals surface area (Å²) in [6.07, 6.45) is 6.29. The minimum Gasteiger partial charge on any atom is -0.352 e. The number of amides is 6. The number of nitrogens with one attached hydrogen (secondary N) is 5. The summed E-state index contributed by atoms with van der Waals surface area (Å²) < 4.78 is 0. The summed E-state index contributed by atoms with van der Waals surface area (Å²) in [6.45, 7) is 12.2. The summed E-state index contributed by atoms with van der Waals surface area (Å²) in [5.74, 6) is -0.771. The highest BCUT2D eigenvalue weighted by atomic mass is 16.6. The maximum absolute atomic E-state index is 13.3. The van der Waals surface area contributed by atoms with E-state index in [9.17, 15) is 28.8 Å². The molecular formula is C36H60N6O7. The van der Waals surface area contributed by atoms with Crippen LogP contribution in [0.15, 0.2) is 24.3 Å². The number of hydrogen-bond donors (Lipinski definition) is 6. The van der Waals surface area contributed by atoms with Crippen molar-refractivity contribution in [3.63, 3.8) is 0 Å². The lowest BCUT2D eigenvalue weighted by Crippen LogP contribution is -2.54. The van der Waals surface area contributed by atoms with Crippen molar-refractivity contribution in [3.05, 3.63) is 29.8 Å². The molecule has 13 nitrogen and oxygen atoms in total. The third kappa shape index (κ3) is 20.9. The maximum Gasteiger partial charge on any atom is 0.312 e. The van der Waals surface area contributed by atoms with Gasteiger partial charge in [-0.25, -0.2) is 10.3 Å². The molecule has 7 N–H and O–H groups in total. The van der Waals surface area contributed by atoms with Gasteiger partial charge in [-0.15, -0.1) is 0 Å². The normalized spacial score (nSPS) is 12.3. The van der Waals surface area contributed by atoms with Gasteiger partial charge in [-0.05, 0) is 61.1 Å². The molecule has 6 amide bonds. The minimum atomic E-state index is -0.974. The maximum atomic E-state index is 13.3. The van der Waals surface area contributed by atoms with Crippen molar-refractivity contribution in [2.24, 2.45) is 23.5 Å². The SMILES string of the molecule is CC(C)CCCCCC(=O)NOCc1ccc(NC(=O)[C@H](CCCNC(N)=O)NC(=O)[C@@H](NC(=O)CCCC(=O)CC(C)C)C(C)C)cc1. The molecule has 0 saturated heterocycles. The molecule has 0 aliphatic carbocycles. The van der Waals surface area contributed by atoms with E-state index in [4.69, 9.17) is 10.6 Å². The van der Waals surface area contributed by atoms with Gasteiger partial charge in [0.05, 0.1) is 6.61 Å². The molecule has 2 atom stereocenters. The highest BCUT2D eigenvalue weighted by Crippen LogP contribution is 2.14. The van der Waals surface area contributed by atoms with Crippen LogP contribution in [0.1, 0.15) is 118 Å². The zero-order valence-corrected chi connectivity index (χ0v) is 30.3. The molecule has 0 saturated carbocycles. The van der Waals surface area contributed by atoms with E-state index in [2.05, 4.69) is 40.6 Å². The summed E-state index contributed by atoms with van der Waals surface area (Å²) in [5, 5.41) is 10.8. The number of benzene rings is 1. The second kappa shape index (κ2) is 24.2. The lowest BCUT2D eigenvalue weighted by atomic mass is 10.0. The highest BCUT2D eigenvalue weighted by Gasteiger charge is 2.29. The van der Waals surface area contributed by atoms with E-state index in [1.807, 2.05) is 13.8 Å². The Bertz CT molecular complexity index is 1190. The lowest BCUT2D eigenvalue weighted by Gasteiger charge is -2.25. The molecule has 0 fully saturated rings. The van der Waals surface area contributed by atoms with Gasteiger partial charge in [0.2, 0.25) is 23.6 Å². The fourth-order valence-corrected chi connectivity index (χ4v) is 5.01. The number of nitrogens with two attached hydrogens (primary N) is 1. The van der Waals surface area contributed by atoms with E-state index >= 15 is 0 Å². The fourth-order valence-electron chi connectivity index (χ4n) is 5.01. The first-order valence-corrected chi connectivity index (χ1v) is 17.6. The summed E-state index contributed by atoms with van der Waals surface area (Å²) >= 11 is 0. The zero-order valence-electron chi connectivity index (χ0n) is 30.3. The molecule has 0 heterocycles. The van der Waals surface area contributed by atoms with E-state index in [0.717, 1.165) is 31.2 Å². The van der Waals surface area contributed by atoms with Gasteiger partial charge in [-0.3, -0.25) is 28.8 Å². The van der Waals surface area contributed by atoms with E-state index < -0.39 is 29.9 Å². The van der Waals surface area contributed by atoms with Gasteiger partial charge >= 0.3 is 6.03 Å². The highest BCUT2D eigenvalue weighted by molar-refractivity contribution is 5.98. The number of rotatable bonds is 25. The standard InChI is InChI=1S/C36H60N6O7/c1-24(2)12-8-7-9-15-32(45)42-49-23-27-17-19-28(20-18-27)39-34(46)30(14-11-21-38-36(37)48)40-35(47)33(26(5)6)41-31(44)16-10-13-29(43)22-25(3)4/h17-20,24-26,30,33H,7-16,21-23H2,1-6H3,(H,39,46)(H,40,47)(H,41,44)(H,42,45)(H3,37,38,48)/t30-,33-/m0/s1. The summed E-state index contributed by atoms with van der Waals surface area (Å²) in [6, 6.07) is 4.30. The molecule has 1 aromatic carbocycles. The van der Waals surface area contributed by atoms with Crippen LogP contribution in [0.25, 0.3) is 0 Å². The van der Waals surface area contributed by atoms with Crippen LogP contribution in [0, 0.1) is 17.8 Å². The Morgan fingerprint density at radius 2 is 1.39 bits per heavy atom. The van der Waals surface area contributed by atoms with Gasteiger partial charge in [0, 0.05) is 37.9 Å². The number of carbonyl (C=O) groups is 6. The molecular weight excluding hydrogens is 628 g/mol. The largest absolute Gasteiger partial charge is 0.352 e. The van der Waals surface area contributed by atoms with Crippen LogP contribution in [0.2, 0.25) is 0 Å². The Balaban J connectivity index is 2.73. The van der Waals surface area contributed by atoms with Crippen molar-refractivity contribution in [1.29, 1.82) is 0 Å². The first-order valence-electron chi connectivity index (χ1n) is 17.6.